The molecule has 0 fully saturated rings. The van der Waals surface area contributed by atoms with Crippen LogP contribution in [0.5, 0.6) is 5.75 Å². The normalized spacial score (nSPS) is 12.0. The maximum Gasteiger partial charge on any atom is 0.417 e. The molecule has 37 heavy (non-hydrogen) atoms. The smallest absolute Gasteiger partial charge is 0.417 e. The van der Waals surface area contributed by atoms with Crippen molar-refractivity contribution in [3.05, 3.63) is 77.2 Å². The molecule has 11 heteroatoms. The van der Waals surface area contributed by atoms with Gasteiger partial charge in [-0.25, -0.2) is 13.8 Å². The summed E-state index contributed by atoms with van der Waals surface area (Å²) in [5.74, 6) is -2.55. The molecule has 3 aromatic carbocycles. The first-order valence-corrected chi connectivity index (χ1v) is 10.9. The highest BCUT2D eigenvalue weighted by atomic mass is 19.4. The molecule has 0 bridgehead atoms. The van der Waals surface area contributed by atoms with Crippen molar-refractivity contribution in [1.82, 2.24) is 14.1 Å². The molecule has 0 saturated carbocycles. The van der Waals surface area contributed by atoms with Crippen molar-refractivity contribution in [3.8, 4) is 16.9 Å². The highest BCUT2D eigenvalue weighted by molar-refractivity contribution is 6.07. The fraction of sp³-hybridized carbons (Fsp3) is 0.154. The lowest BCUT2D eigenvalue weighted by Gasteiger charge is -2.18. The Bertz CT molecular complexity index is 1710. The molecular weight excluding hydrogens is 495 g/mol. The number of ether oxygens (including phenoxy) is 1. The second-order valence-corrected chi connectivity index (χ2v) is 8.50. The molecule has 2 heterocycles. The third-order valence-electron chi connectivity index (χ3n) is 6.41. The van der Waals surface area contributed by atoms with Crippen molar-refractivity contribution in [2.45, 2.75) is 13.1 Å². The van der Waals surface area contributed by atoms with E-state index in [1.807, 2.05) is 0 Å². The average Bonchev–Trinajstić information content (AvgIpc) is 3.40. The molecule has 5 aromatic rings. The fourth-order valence-electron chi connectivity index (χ4n) is 4.51. The van der Waals surface area contributed by atoms with Crippen LogP contribution in [0.3, 0.4) is 0 Å². The lowest BCUT2D eigenvalue weighted by molar-refractivity contribution is -0.137. The number of alkyl halides is 3. The van der Waals surface area contributed by atoms with Gasteiger partial charge in [-0.05, 0) is 42.8 Å². The number of carbonyl (C=O) groups is 1. The van der Waals surface area contributed by atoms with E-state index in [-0.39, 0.29) is 39.0 Å². The number of imidazole rings is 1. The monoisotopic (exact) mass is 514 g/mol. The number of nitrogens with two attached hydrogens (primary N) is 1. The van der Waals surface area contributed by atoms with Gasteiger partial charge in [-0.15, -0.1) is 0 Å². The number of nitrogens with zero attached hydrogens (tertiary/aromatic N) is 3. The predicted octanol–water partition coefficient (Wildman–Crippen LogP) is 6.08. The number of fused-ring (bicyclic) bond motifs is 2. The van der Waals surface area contributed by atoms with Crippen LogP contribution in [0.2, 0.25) is 0 Å². The van der Waals surface area contributed by atoms with Crippen LogP contribution in [0.15, 0.2) is 48.7 Å². The zero-order chi connectivity index (χ0) is 26.8. The summed E-state index contributed by atoms with van der Waals surface area (Å²) in [6.07, 6.45) is -3.42. The van der Waals surface area contributed by atoms with Gasteiger partial charge in [-0.3, -0.25) is 9.36 Å². The zero-order valence-electron chi connectivity index (χ0n) is 19.7. The molecule has 0 atom stereocenters. The molecule has 0 saturated heterocycles. The van der Waals surface area contributed by atoms with E-state index in [9.17, 15) is 26.7 Å². The molecule has 0 aliphatic heterocycles. The Morgan fingerprint density at radius 2 is 1.73 bits per heavy atom. The fourth-order valence-corrected chi connectivity index (χ4v) is 4.51. The molecule has 5 rings (SSSR count). The summed E-state index contributed by atoms with van der Waals surface area (Å²) in [4.78, 5) is 17.5. The molecule has 0 spiro atoms. The number of nitrogen functional groups attached to an aromatic ring is 1. The van der Waals surface area contributed by atoms with E-state index in [1.54, 1.807) is 14.0 Å². The van der Waals surface area contributed by atoms with Crippen LogP contribution in [0.4, 0.5) is 27.6 Å². The number of carbonyl (C=O) groups excluding carboxylic acids is 1. The molecule has 0 aliphatic rings. The number of rotatable bonds is 3. The molecular formula is C26H19F5N4O2. The van der Waals surface area contributed by atoms with Gasteiger partial charge in [-0.1, -0.05) is 12.1 Å². The topological polar surface area (TPSA) is 75.1 Å². The highest BCUT2D eigenvalue weighted by Gasteiger charge is 2.38. The number of benzene rings is 3. The molecule has 2 N–H and O–H groups in total. The Kier molecular flexibility index (Phi) is 5.47. The Balaban J connectivity index is 1.79. The molecule has 190 valence electrons. The summed E-state index contributed by atoms with van der Waals surface area (Å²) in [5, 5.41) is 0.294. The minimum Gasteiger partial charge on any atom is -0.494 e. The molecule has 0 amide bonds. The first-order valence-electron chi connectivity index (χ1n) is 10.9. The van der Waals surface area contributed by atoms with E-state index in [1.165, 1.54) is 42.1 Å². The minimum absolute atomic E-state index is 0.0669. The van der Waals surface area contributed by atoms with E-state index < -0.39 is 35.0 Å². The van der Waals surface area contributed by atoms with E-state index >= 15 is 0 Å². The maximum atomic E-state index is 14.4. The van der Waals surface area contributed by atoms with Crippen LogP contribution >= 0.6 is 0 Å². The molecule has 0 unspecified atom stereocenters. The van der Waals surface area contributed by atoms with Gasteiger partial charge in [-0.2, -0.15) is 13.2 Å². The van der Waals surface area contributed by atoms with E-state index in [0.717, 1.165) is 22.8 Å². The van der Waals surface area contributed by atoms with Gasteiger partial charge < -0.3 is 15.0 Å². The van der Waals surface area contributed by atoms with E-state index in [0.29, 0.717) is 11.2 Å². The number of methoxy groups -OCH3 is 1. The van der Waals surface area contributed by atoms with Gasteiger partial charge in [0, 0.05) is 29.8 Å². The second kappa shape index (κ2) is 8.32. The summed E-state index contributed by atoms with van der Waals surface area (Å²) in [6, 6.07) is 8.57. The standard InChI is InChI=1S/C26H19F5N4O2/c1-12-33-23-20(34(12)2)11-16(26(29,30)31)21(24(23)37-3)15-5-4-6-19-14(15)7-8-35(19)25(36)13-9-17(27)22(32)18(28)10-13/h4-11H,32H2,1-3H3. The van der Waals surface area contributed by atoms with Gasteiger partial charge in [0.25, 0.3) is 5.91 Å². The Hall–Kier alpha value is -4.41. The molecule has 2 aromatic heterocycles. The second-order valence-electron chi connectivity index (χ2n) is 8.50. The van der Waals surface area contributed by atoms with Crippen LogP contribution in [0, 0.1) is 18.6 Å². The number of anilines is 1. The number of aromatic nitrogens is 3. The van der Waals surface area contributed by atoms with Crippen LogP contribution in [0.25, 0.3) is 33.1 Å². The van der Waals surface area contributed by atoms with Crippen LogP contribution in [-0.4, -0.2) is 27.1 Å². The number of aryl methyl sites for hydroxylation is 2. The van der Waals surface area contributed by atoms with Gasteiger partial charge in [0.1, 0.15) is 28.7 Å². The number of hydrogen-bond acceptors (Lipinski definition) is 4. The Labute approximate surface area is 206 Å². The van der Waals surface area contributed by atoms with Crippen molar-refractivity contribution >= 4 is 33.5 Å². The summed E-state index contributed by atoms with van der Waals surface area (Å²) in [6.45, 7) is 1.67. The summed E-state index contributed by atoms with van der Waals surface area (Å²) in [5.41, 5.74) is 3.97. The maximum absolute atomic E-state index is 14.4. The number of hydrogen-bond donors (Lipinski definition) is 1. The van der Waals surface area contributed by atoms with Crippen LogP contribution in [-0.2, 0) is 13.2 Å². The predicted molar refractivity (Wildman–Crippen MR) is 128 cm³/mol. The number of halogens is 5. The van der Waals surface area contributed by atoms with E-state index in [2.05, 4.69) is 4.98 Å². The van der Waals surface area contributed by atoms with Crippen molar-refractivity contribution in [1.29, 1.82) is 0 Å². The Morgan fingerprint density at radius 1 is 1.05 bits per heavy atom. The summed E-state index contributed by atoms with van der Waals surface area (Å²) in [7, 11) is 2.88. The lowest BCUT2D eigenvalue weighted by Crippen LogP contribution is -2.12. The van der Waals surface area contributed by atoms with Crippen molar-refractivity contribution in [2.24, 2.45) is 7.05 Å². The largest absolute Gasteiger partial charge is 0.494 e. The summed E-state index contributed by atoms with van der Waals surface area (Å²) < 4.78 is 79.2. The average molecular weight is 514 g/mol. The van der Waals surface area contributed by atoms with Crippen molar-refractivity contribution in [2.75, 3.05) is 12.8 Å². The minimum atomic E-state index is -4.74. The van der Waals surface area contributed by atoms with Crippen LogP contribution in [0.1, 0.15) is 21.7 Å². The van der Waals surface area contributed by atoms with Gasteiger partial charge in [0.05, 0.1) is 23.7 Å². The third-order valence-corrected chi connectivity index (χ3v) is 6.41. The lowest BCUT2D eigenvalue weighted by atomic mass is 9.94. The van der Waals surface area contributed by atoms with Crippen LogP contribution < -0.4 is 10.5 Å². The van der Waals surface area contributed by atoms with Gasteiger partial charge in [0.2, 0.25) is 0 Å². The van der Waals surface area contributed by atoms with E-state index in [4.69, 9.17) is 10.5 Å². The molecule has 6 nitrogen and oxygen atoms in total. The SMILES string of the molecule is COc1c(-c2cccc3c2ccn3C(=O)c2cc(F)c(N)c(F)c2)c(C(F)(F)F)cc2c1nc(C)n2C. The first-order chi connectivity index (χ1) is 17.4. The van der Waals surface area contributed by atoms with Crippen molar-refractivity contribution in [3.63, 3.8) is 0 Å². The Morgan fingerprint density at radius 3 is 2.35 bits per heavy atom. The van der Waals surface area contributed by atoms with Gasteiger partial charge >= 0.3 is 6.18 Å². The molecule has 0 aliphatic carbocycles. The summed E-state index contributed by atoms with van der Waals surface area (Å²) >= 11 is 0. The highest BCUT2D eigenvalue weighted by Crippen LogP contribution is 2.47. The van der Waals surface area contributed by atoms with Gasteiger partial charge in [0.15, 0.2) is 5.75 Å². The zero-order valence-corrected chi connectivity index (χ0v) is 19.7. The van der Waals surface area contributed by atoms with Crippen molar-refractivity contribution < 1.29 is 31.5 Å². The first kappa shape index (κ1) is 24.3. The molecule has 0 radical (unpaired) electrons. The quantitative estimate of drug-likeness (QED) is 0.234. The third kappa shape index (κ3) is 3.69.